The van der Waals surface area contributed by atoms with E-state index in [9.17, 15) is 14.4 Å². The quantitative estimate of drug-likeness (QED) is 0.395. The molecule has 0 atom stereocenters. The summed E-state index contributed by atoms with van der Waals surface area (Å²) < 4.78 is 6.56. The number of aldehydes is 1. The number of aromatic nitrogens is 4. The lowest BCUT2D eigenvalue weighted by molar-refractivity contribution is -0.123. The summed E-state index contributed by atoms with van der Waals surface area (Å²) in [5.41, 5.74) is 1.35. The molecule has 0 aliphatic heterocycles. The molecule has 0 fully saturated rings. The van der Waals surface area contributed by atoms with Gasteiger partial charge in [0.1, 0.15) is 24.4 Å². The maximum absolute atomic E-state index is 13.7. The molecule has 10 heteroatoms. The van der Waals surface area contributed by atoms with E-state index in [0.717, 1.165) is 0 Å². The number of carbonyl (C=O) groups is 2. The standard InChI is InChI=1S/C26H24ClN5O4/c1-26(2,3)31-22(34)13-32-24(18-8-20(36-4)12-28-10-18)30-23-21(25(32)35)9-17(11-29-23)16-5-15(14-33)6-19(27)7-16/h5-12,14H,13H2,1-4H3,(H,31,34). The Morgan fingerprint density at radius 2 is 1.86 bits per heavy atom. The van der Waals surface area contributed by atoms with Crippen LogP contribution >= 0.6 is 11.6 Å². The number of hydrogen-bond donors (Lipinski definition) is 1. The third-order valence-electron chi connectivity index (χ3n) is 5.22. The maximum Gasteiger partial charge on any atom is 0.263 e. The number of nitrogens with one attached hydrogen (secondary N) is 1. The highest BCUT2D eigenvalue weighted by molar-refractivity contribution is 6.31. The largest absolute Gasteiger partial charge is 0.495 e. The molecule has 0 saturated carbocycles. The zero-order valence-electron chi connectivity index (χ0n) is 20.2. The fourth-order valence-corrected chi connectivity index (χ4v) is 3.98. The fourth-order valence-electron chi connectivity index (χ4n) is 3.73. The summed E-state index contributed by atoms with van der Waals surface area (Å²) in [6.07, 6.45) is 5.32. The summed E-state index contributed by atoms with van der Waals surface area (Å²) >= 11 is 6.16. The highest BCUT2D eigenvalue weighted by Gasteiger charge is 2.20. The molecule has 0 unspecified atom stereocenters. The van der Waals surface area contributed by atoms with E-state index in [0.29, 0.717) is 39.3 Å². The van der Waals surface area contributed by atoms with Crippen molar-refractivity contribution in [3.8, 4) is 28.3 Å². The van der Waals surface area contributed by atoms with E-state index >= 15 is 0 Å². The molecule has 1 amide bonds. The predicted octanol–water partition coefficient (Wildman–Crippen LogP) is 3.91. The minimum Gasteiger partial charge on any atom is -0.495 e. The van der Waals surface area contributed by atoms with Gasteiger partial charge in [0, 0.05) is 39.6 Å². The summed E-state index contributed by atoms with van der Waals surface area (Å²) in [5.74, 6) is 0.356. The molecule has 0 radical (unpaired) electrons. The van der Waals surface area contributed by atoms with Crippen molar-refractivity contribution in [1.29, 1.82) is 0 Å². The average molecular weight is 506 g/mol. The number of ether oxygens (including phenoxy) is 1. The Morgan fingerprint density at radius 1 is 1.08 bits per heavy atom. The van der Waals surface area contributed by atoms with Crippen LogP contribution in [0.4, 0.5) is 0 Å². The molecule has 0 aliphatic rings. The van der Waals surface area contributed by atoms with Gasteiger partial charge in [-0.2, -0.15) is 0 Å². The van der Waals surface area contributed by atoms with E-state index in [1.807, 2.05) is 20.8 Å². The topological polar surface area (TPSA) is 116 Å². The number of hydrogen-bond acceptors (Lipinski definition) is 7. The Bertz CT molecular complexity index is 1540. The molecule has 0 saturated heterocycles. The number of methoxy groups -OCH3 is 1. The third-order valence-corrected chi connectivity index (χ3v) is 5.44. The summed E-state index contributed by atoms with van der Waals surface area (Å²) in [6.45, 7) is 5.30. The molecule has 3 aromatic heterocycles. The van der Waals surface area contributed by atoms with Gasteiger partial charge < -0.3 is 10.1 Å². The molecule has 1 N–H and O–H groups in total. The second kappa shape index (κ2) is 9.87. The van der Waals surface area contributed by atoms with Crippen LogP contribution in [0.2, 0.25) is 5.02 Å². The fraction of sp³-hybridized carbons (Fsp3) is 0.231. The monoisotopic (exact) mass is 505 g/mol. The molecule has 4 rings (SSSR count). The third kappa shape index (κ3) is 5.41. The van der Waals surface area contributed by atoms with Gasteiger partial charge in [-0.3, -0.25) is 23.9 Å². The van der Waals surface area contributed by atoms with Crippen LogP contribution in [0.1, 0.15) is 31.1 Å². The molecule has 4 aromatic rings. The number of halogens is 1. The van der Waals surface area contributed by atoms with Crippen molar-refractivity contribution in [2.45, 2.75) is 32.9 Å². The molecular weight excluding hydrogens is 482 g/mol. The van der Waals surface area contributed by atoms with Crippen LogP contribution < -0.4 is 15.6 Å². The second-order valence-corrected chi connectivity index (χ2v) is 9.66. The van der Waals surface area contributed by atoms with E-state index in [4.69, 9.17) is 16.3 Å². The van der Waals surface area contributed by atoms with Crippen LogP contribution in [0.25, 0.3) is 33.5 Å². The highest BCUT2D eigenvalue weighted by Crippen LogP contribution is 2.27. The molecule has 184 valence electrons. The Morgan fingerprint density at radius 3 is 2.56 bits per heavy atom. The van der Waals surface area contributed by atoms with Gasteiger partial charge in [0.2, 0.25) is 5.91 Å². The predicted molar refractivity (Wildman–Crippen MR) is 137 cm³/mol. The molecule has 0 spiro atoms. The molecule has 0 aliphatic carbocycles. The molecule has 3 heterocycles. The lowest BCUT2D eigenvalue weighted by atomic mass is 10.0. The van der Waals surface area contributed by atoms with Crippen LogP contribution in [-0.4, -0.2) is 44.4 Å². The smallest absolute Gasteiger partial charge is 0.263 e. The summed E-state index contributed by atoms with van der Waals surface area (Å²) in [4.78, 5) is 51.0. The van der Waals surface area contributed by atoms with Crippen molar-refractivity contribution in [2.24, 2.45) is 0 Å². The number of amides is 1. The first-order chi connectivity index (χ1) is 17.1. The van der Waals surface area contributed by atoms with Crippen molar-refractivity contribution in [2.75, 3.05) is 7.11 Å². The first kappa shape index (κ1) is 25.0. The van der Waals surface area contributed by atoms with Crippen LogP contribution in [0.15, 0.2) is 53.7 Å². The van der Waals surface area contributed by atoms with Gasteiger partial charge in [-0.05, 0) is 56.7 Å². The van der Waals surface area contributed by atoms with Crippen molar-refractivity contribution in [3.63, 3.8) is 0 Å². The van der Waals surface area contributed by atoms with Crippen LogP contribution in [0.5, 0.6) is 5.75 Å². The van der Waals surface area contributed by atoms with Crippen molar-refractivity contribution >= 4 is 34.8 Å². The molecule has 36 heavy (non-hydrogen) atoms. The molecule has 9 nitrogen and oxygen atoms in total. The normalized spacial score (nSPS) is 11.4. The van der Waals surface area contributed by atoms with Gasteiger partial charge in [0.15, 0.2) is 5.65 Å². The van der Waals surface area contributed by atoms with E-state index in [-0.39, 0.29) is 29.3 Å². The zero-order chi connectivity index (χ0) is 26.0. The maximum atomic E-state index is 13.7. The Kier molecular flexibility index (Phi) is 6.85. The first-order valence-corrected chi connectivity index (χ1v) is 11.4. The van der Waals surface area contributed by atoms with Gasteiger partial charge in [-0.25, -0.2) is 9.97 Å². The van der Waals surface area contributed by atoms with Crippen molar-refractivity contribution in [1.82, 2.24) is 24.8 Å². The number of nitrogens with zero attached hydrogens (tertiary/aromatic N) is 4. The Balaban J connectivity index is 1.92. The summed E-state index contributed by atoms with van der Waals surface area (Å²) in [7, 11) is 1.51. The van der Waals surface area contributed by atoms with E-state index in [2.05, 4.69) is 20.3 Å². The van der Waals surface area contributed by atoms with E-state index < -0.39 is 11.1 Å². The van der Waals surface area contributed by atoms with E-state index in [1.54, 1.807) is 36.5 Å². The van der Waals surface area contributed by atoms with Crippen LogP contribution in [-0.2, 0) is 11.3 Å². The highest BCUT2D eigenvalue weighted by atomic mass is 35.5. The number of benzene rings is 1. The summed E-state index contributed by atoms with van der Waals surface area (Å²) in [5, 5.41) is 3.46. The number of pyridine rings is 2. The minimum atomic E-state index is -0.486. The van der Waals surface area contributed by atoms with Gasteiger partial charge in [-0.1, -0.05) is 11.6 Å². The minimum absolute atomic E-state index is 0.201. The van der Waals surface area contributed by atoms with Gasteiger partial charge >= 0.3 is 0 Å². The Labute approximate surface area is 212 Å². The number of fused-ring (bicyclic) bond motifs is 1. The first-order valence-electron chi connectivity index (χ1n) is 11.0. The average Bonchev–Trinajstić information content (AvgIpc) is 2.84. The van der Waals surface area contributed by atoms with Gasteiger partial charge in [0.05, 0.1) is 18.7 Å². The summed E-state index contributed by atoms with van der Waals surface area (Å²) in [6, 6.07) is 8.18. The van der Waals surface area contributed by atoms with Gasteiger partial charge in [0.25, 0.3) is 5.56 Å². The van der Waals surface area contributed by atoms with Crippen molar-refractivity contribution in [3.05, 3.63) is 69.9 Å². The second-order valence-electron chi connectivity index (χ2n) is 9.22. The molecule has 0 bridgehead atoms. The number of carbonyl (C=O) groups excluding carboxylic acids is 2. The SMILES string of the molecule is COc1cncc(-c2nc3ncc(-c4cc(Cl)cc(C=O)c4)cc3c(=O)n2CC(=O)NC(C)(C)C)c1. The molecular formula is C26H24ClN5O4. The lowest BCUT2D eigenvalue weighted by Gasteiger charge is -2.21. The van der Waals surface area contributed by atoms with Crippen LogP contribution in [0, 0.1) is 0 Å². The van der Waals surface area contributed by atoms with Crippen molar-refractivity contribution < 1.29 is 14.3 Å². The lowest BCUT2D eigenvalue weighted by Crippen LogP contribution is -2.43. The molecule has 1 aromatic carbocycles. The zero-order valence-corrected chi connectivity index (χ0v) is 21.0. The van der Waals surface area contributed by atoms with E-state index in [1.165, 1.54) is 24.1 Å². The number of rotatable bonds is 6. The Hall–Kier alpha value is -4.11. The van der Waals surface area contributed by atoms with Gasteiger partial charge in [-0.15, -0.1) is 0 Å². The van der Waals surface area contributed by atoms with Crippen LogP contribution in [0.3, 0.4) is 0 Å².